The van der Waals surface area contributed by atoms with Crippen LogP contribution in [0.1, 0.15) is 31.7 Å². The molecule has 4 nitrogen and oxygen atoms in total. The third-order valence-corrected chi connectivity index (χ3v) is 4.38. The molecule has 0 bridgehead atoms. The van der Waals surface area contributed by atoms with Gasteiger partial charge in [-0.3, -0.25) is 0 Å². The molecule has 1 aliphatic heterocycles. The van der Waals surface area contributed by atoms with Crippen LogP contribution in [0.3, 0.4) is 0 Å². The fourth-order valence-corrected chi connectivity index (χ4v) is 2.92. The number of halogens is 1. The summed E-state index contributed by atoms with van der Waals surface area (Å²) in [6, 6.07) is 6.43. The minimum absolute atomic E-state index is 0.0976. The highest BCUT2D eigenvalue weighted by molar-refractivity contribution is 5.28. The molecule has 1 saturated heterocycles. The van der Waals surface area contributed by atoms with Gasteiger partial charge < -0.3 is 20.3 Å². The Balaban J connectivity index is 2.02. The van der Waals surface area contributed by atoms with Crippen molar-refractivity contribution in [2.45, 2.75) is 37.8 Å². The van der Waals surface area contributed by atoms with Crippen LogP contribution >= 0.6 is 0 Å². The maximum atomic E-state index is 14.1. The topological polar surface area (TPSA) is 64.7 Å². The fraction of sp³-hybridized carbons (Fsp3) is 0.647. The number of aliphatic hydroxyl groups excluding tert-OH is 1. The summed E-state index contributed by atoms with van der Waals surface area (Å²) in [5, 5.41) is 9.71. The van der Waals surface area contributed by atoms with E-state index in [2.05, 4.69) is 6.92 Å². The molecule has 1 heterocycles. The molecule has 0 aliphatic carbocycles. The van der Waals surface area contributed by atoms with Crippen molar-refractivity contribution in [3.8, 4) is 0 Å². The summed E-state index contributed by atoms with van der Waals surface area (Å²) in [5.74, 6) is -0.609. The Labute approximate surface area is 131 Å². The maximum absolute atomic E-state index is 14.1. The molecular weight excluding hydrogens is 285 g/mol. The lowest BCUT2D eigenvalue weighted by Crippen LogP contribution is -2.55. The lowest BCUT2D eigenvalue weighted by Gasteiger charge is -2.43. The first kappa shape index (κ1) is 17.3. The predicted octanol–water partition coefficient (Wildman–Crippen LogP) is 2.19. The number of aliphatic hydroxyl groups is 1. The Hall–Kier alpha value is -1.01. The average Bonchev–Trinajstić information content (AvgIpc) is 2.53. The van der Waals surface area contributed by atoms with Gasteiger partial charge in [-0.05, 0) is 18.9 Å². The monoisotopic (exact) mass is 311 g/mol. The van der Waals surface area contributed by atoms with Crippen molar-refractivity contribution >= 4 is 0 Å². The summed E-state index contributed by atoms with van der Waals surface area (Å²) in [6.45, 7) is 3.39. The van der Waals surface area contributed by atoms with Gasteiger partial charge in [-0.15, -0.1) is 0 Å². The molecule has 1 aromatic rings. The second-order valence-electron chi connectivity index (χ2n) is 6.00. The maximum Gasteiger partial charge on any atom is 0.128 e. The van der Waals surface area contributed by atoms with Crippen LogP contribution in [-0.4, -0.2) is 37.6 Å². The molecule has 3 atom stereocenters. The standard InChI is InChI=1S/C17H26FNO3/c1-2-3-8-21-11-14-9-13(10-20)17(19,12-22-14)15-6-4-5-7-16(15)18/h4-7,13-14,20H,2-3,8-12,19H2,1H3/t13-,14+,17-/m0/s1. The zero-order valence-electron chi connectivity index (χ0n) is 13.1. The predicted molar refractivity (Wildman–Crippen MR) is 82.9 cm³/mol. The van der Waals surface area contributed by atoms with E-state index in [1.54, 1.807) is 18.2 Å². The highest BCUT2D eigenvalue weighted by Crippen LogP contribution is 2.36. The van der Waals surface area contributed by atoms with Crippen LogP contribution in [0.2, 0.25) is 0 Å². The molecule has 22 heavy (non-hydrogen) atoms. The van der Waals surface area contributed by atoms with Crippen LogP contribution in [0.15, 0.2) is 24.3 Å². The summed E-state index contributed by atoms with van der Waals surface area (Å²) in [4.78, 5) is 0. The van der Waals surface area contributed by atoms with E-state index < -0.39 is 5.54 Å². The summed E-state index contributed by atoms with van der Waals surface area (Å²) in [6.07, 6.45) is 2.57. The van der Waals surface area contributed by atoms with Gasteiger partial charge in [0.05, 0.1) is 24.9 Å². The zero-order chi connectivity index (χ0) is 16.0. The Morgan fingerprint density at radius 3 is 2.91 bits per heavy atom. The van der Waals surface area contributed by atoms with Gasteiger partial charge in [0.1, 0.15) is 5.82 Å². The molecule has 2 rings (SSSR count). The first-order valence-electron chi connectivity index (χ1n) is 7.96. The number of benzene rings is 1. The van der Waals surface area contributed by atoms with Crippen LogP contribution < -0.4 is 5.73 Å². The number of hydrogen-bond acceptors (Lipinski definition) is 4. The van der Waals surface area contributed by atoms with Crippen LogP contribution in [0.5, 0.6) is 0 Å². The Morgan fingerprint density at radius 1 is 1.45 bits per heavy atom. The minimum atomic E-state index is -1.000. The van der Waals surface area contributed by atoms with Crippen LogP contribution in [0, 0.1) is 11.7 Å². The normalized spacial score (nSPS) is 28.7. The van der Waals surface area contributed by atoms with Gasteiger partial charge in [0.15, 0.2) is 0 Å². The first-order chi connectivity index (χ1) is 10.6. The SMILES string of the molecule is CCCCOC[C@H]1C[C@@H](CO)[C@](N)(c2ccccc2F)CO1. The third-order valence-electron chi connectivity index (χ3n) is 4.38. The lowest BCUT2D eigenvalue weighted by molar-refractivity contribution is -0.104. The number of nitrogens with two attached hydrogens (primary N) is 1. The lowest BCUT2D eigenvalue weighted by atomic mass is 9.75. The van der Waals surface area contributed by atoms with E-state index in [1.165, 1.54) is 6.07 Å². The number of hydrogen-bond donors (Lipinski definition) is 2. The number of ether oxygens (including phenoxy) is 2. The molecular formula is C17H26FNO3. The fourth-order valence-electron chi connectivity index (χ4n) is 2.92. The summed E-state index contributed by atoms with van der Waals surface area (Å²) in [7, 11) is 0. The number of rotatable bonds is 7. The number of unbranched alkanes of at least 4 members (excludes halogenated alkanes) is 1. The Morgan fingerprint density at radius 2 is 2.23 bits per heavy atom. The van der Waals surface area contributed by atoms with Crippen molar-refractivity contribution in [2.24, 2.45) is 11.7 Å². The Bertz CT molecular complexity index is 471. The van der Waals surface area contributed by atoms with Gasteiger partial charge in [0, 0.05) is 24.7 Å². The van der Waals surface area contributed by atoms with Crippen molar-refractivity contribution in [2.75, 3.05) is 26.4 Å². The highest BCUT2D eigenvalue weighted by Gasteiger charge is 2.43. The molecule has 0 aromatic heterocycles. The molecule has 0 radical (unpaired) electrons. The molecule has 0 unspecified atom stereocenters. The van der Waals surface area contributed by atoms with E-state index in [-0.39, 0.29) is 31.1 Å². The van der Waals surface area contributed by atoms with Crippen molar-refractivity contribution in [3.05, 3.63) is 35.6 Å². The summed E-state index contributed by atoms with van der Waals surface area (Å²) < 4.78 is 25.4. The molecule has 1 fully saturated rings. The van der Waals surface area contributed by atoms with Gasteiger partial charge in [0.25, 0.3) is 0 Å². The molecule has 0 amide bonds. The van der Waals surface area contributed by atoms with Gasteiger partial charge in [0.2, 0.25) is 0 Å². The van der Waals surface area contributed by atoms with Crippen LogP contribution in [0.25, 0.3) is 0 Å². The highest BCUT2D eigenvalue weighted by atomic mass is 19.1. The second kappa shape index (κ2) is 8.02. The van der Waals surface area contributed by atoms with E-state index in [9.17, 15) is 9.50 Å². The van der Waals surface area contributed by atoms with E-state index in [1.807, 2.05) is 0 Å². The zero-order valence-corrected chi connectivity index (χ0v) is 13.1. The van der Waals surface area contributed by atoms with Crippen molar-refractivity contribution in [1.82, 2.24) is 0 Å². The first-order valence-corrected chi connectivity index (χ1v) is 7.96. The molecule has 0 spiro atoms. The second-order valence-corrected chi connectivity index (χ2v) is 6.00. The minimum Gasteiger partial charge on any atom is -0.396 e. The third kappa shape index (κ3) is 3.84. The molecule has 124 valence electrons. The molecule has 3 N–H and O–H groups in total. The summed E-state index contributed by atoms with van der Waals surface area (Å²) >= 11 is 0. The van der Waals surface area contributed by atoms with E-state index >= 15 is 0 Å². The van der Waals surface area contributed by atoms with E-state index in [4.69, 9.17) is 15.2 Å². The summed E-state index contributed by atoms with van der Waals surface area (Å²) in [5.41, 5.74) is 5.81. The van der Waals surface area contributed by atoms with Gasteiger partial charge in [-0.1, -0.05) is 31.5 Å². The largest absolute Gasteiger partial charge is 0.396 e. The molecule has 1 aromatic carbocycles. The van der Waals surface area contributed by atoms with Crippen LogP contribution in [0.4, 0.5) is 4.39 Å². The van der Waals surface area contributed by atoms with Gasteiger partial charge >= 0.3 is 0 Å². The van der Waals surface area contributed by atoms with Crippen molar-refractivity contribution < 1.29 is 19.0 Å². The molecule has 5 heteroatoms. The quantitative estimate of drug-likeness (QED) is 0.758. The molecule has 0 saturated carbocycles. The van der Waals surface area contributed by atoms with Crippen molar-refractivity contribution in [3.63, 3.8) is 0 Å². The van der Waals surface area contributed by atoms with E-state index in [0.717, 1.165) is 12.8 Å². The van der Waals surface area contributed by atoms with E-state index in [0.29, 0.717) is 25.2 Å². The smallest absolute Gasteiger partial charge is 0.128 e. The average molecular weight is 311 g/mol. The van der Waals surface area contributed by atoms with Gasteiger partial charge in [-0.25, -0.2) is 4.39 Å². The van der Waals surface area contributed by atoms with Gasteiger partial charge in [-0.2, -0.15) is 0 Å². The van der Waals surface area contributed by atoms with Crippen LogP contribution in [-0.2, 0) is 15.0 Å². The van der Waals surface area contributed by atoms with Crippen molar-refractivity contribution in [1.29, 1.82) is 0 Å². The Kier molecular flexibility index (Phi) is 6.32. The molecule has 1 aliphatic rings.